The minimum absolute atomic E-state index is 0.460. The standard InChI is InChI=1S/C14H20N2/c1-2-9-16-14(15)13-8-7-11-5-3-4-6-12(11)10-13/h3-6,13H,2,7-10H2,1H3,(H2,15,16). The number of hydrogen-bond donors (Lipinski definition) is 1. The monoisotopic (exact) mass is 216 g/mol. The Morgan fingerprint density at radius 2 is 2.12 bits per heavy atom. The molecule has 0 aromatic heterocycles. The third kappa shape index (κ3) is 2.43. The van der Waals surface area contributed by atoms with Crippen LogP contribution in [0.5, 0.6) is 0 Å². The molecule has 86 valence electrons. The predicted molar refractivity (Wildman–Crippen MR) is 68.7 cm³/mol. The topological polar surface area (TPSA) is 38.4 Å². The van der Waals surface area contributed by atoms with E-state index in [4.69, 9.17) is 5.73 Å². The number of hydrogen-bond acceptors (Lipinski definition) is 1. The summed E-state index contributed by atoms with van der Waals surface area (Å²) in [5.41, 5.74) is 8.98. The first-order valence-electron chi connectivity index (χ1n) is 6.18. The maximum absolute atomic E-state index is 6.04. The Morgan fingerprint density at radius 1 is 1.38 bits per heavy atom. The van der Waals surface area contributed by atoms with Crippen LogP contribution < -0.4 is 5.73 Å². The number of rotatable bonds is 3. The molecule has 2 nitrogen and oxygen atoms in total. The van der Waals surface area contributed by atoms with Crippen molar-refractivity contribution in [2.45, 2.75) is 32.6 Å². The van der Waals surface area contributed by atoms with E-state index in [1.54, 1.807) is 0 Å². The van der Waals surface area contributed by atoms with Gasteiger partial charge in [0, 0.05) is 12.5 Å². The van der Waals surface area contributed by atoms with Crippen molar-refractivity contribution in [1.29, 1.82) is 0 Å². The number of nitrogens with two attached hydrogens (primary N) is 1. The first-order valence-corrected chi connectivity index (χ1v) is 6.18. The van der Waals surface area contributed by atoms with Crippen LogP contribution in [0, 0.1) is 5.92 Å². The van der Waals surface area contributed by atoms with Gasteiger partial charge in [-0.15, -0.1) is 0 Å². The lowest BCUT2D eigenvalue weighted by Gasteiger charge is -2.24. The van der Waals surface area contributed by atoms with Gasteiger partial charge in [-0.3, -0.25) is 4.99 Å². The Bertz CT molecular complexity index is 382. The van der Waals surface area contributed by atoms with Gasteiger partial charge in [0.05, 0.1) is 5.84 Å². The Morgan fingerprint density at radius 3 is 2.88 bits per heavy atom. The fourth-order valence-corrected chi connectivity index (χ4v) is 2.32. The first kappa shape index (κ1) is 11.2. The second kappa shape index (κ2) is 5.15. The Labute approximate surface area is 97.6 Å². The molecule has 0 bridgehead atoms. The van der Waals surface area contributed by atoms with E-state index < -0.39 is 0 Å². The smallest absolute Gasteiger partial charge is 0.0971 e. The van der Waals surface area contributed by atoms with E-state index in [9.17, 15) is 0 Å². The van der Waals surface area contributed by atoms with E-state index in [0.29, 0.717) is 5.92 Å². The van der Waals surface area contributed by atoms with Crippen molar-refractivity contribution in [3.05, 3.63) is 35.4 Å². The molecule has 1 aromatic carbocycles. The molecule has 2 N–H and O–H groups in total. The average Bonchev–Trinajstić information content (AvgIpc) is 2.35. The van der Waals surface area contributed by atoms with Crippen molar-refractivity contribution in [2.75, 3.05) is 6.54 Å². The molecule has 0 amide bonds. The molecule has 1 aliphatic carbocycles. The van der Waals surface area contributed by atoms with Crippen LogP contribution in [0.25, 0.3) is 0 Å². The van der Waals surface area contributed by atoms with Crippen LogP contribution in [0.3, 0.4) is 0 Å². The molecule has 1 aromatic rings. The zero-order chi connectivity index (χ0) is 11.4. The summed E-state index contributed by atoms with van der Waals surface area (Å²) in [7, 11) is 0. The van der Waals surface area contributed by atoms with Crippen LogP contribution in [-0.4, -0.2) is 12.4 Å². The van der Waals surface area contributed by atoms with Gasteiger partial charge in [0.1, 0.15) is 0 Å². The van der Waals surface area contributed by atoms with E-state index in [2.05, 4.69) is 36.2 Å². The van der Waals surface area contributed by atoms with Gasteiger partial charge in [0.2, 0.25) is 0 Å². The first-order chi connectivity index (χ1) is 7.81. The fraction of sp³-hybridized carbons (Fsp3) is 0.500. The van der Waals surface area contributed by atoms with Gasteiger partial charge >= 0.3 is 0 Å². The highest BCUT2D eigenvalue weighted by Crippen LogP contribution is 2.25. The molecule has 1 atom stereocenters. The van der Waals surface area contributed by atoms with Crippen molar-refractivity contribution in [1.82, 2.24) is 0 Å². The molecular weight excluding hydrogens is 196 g/mol. The van der Waals surface area contributed by atoms with E-state index >= 15 is 0 Å². The SMILES string of the molecule is CCCN=C(N)C1CCc2ccccc2C1. The van der Waals surface area contributed by atoms with E-state index in [1.807, 2.05) is 0 Å². The number of aryl methyl sites for hydroxylation is 1. The largest absolute Gasteiger partial charge is 0.387 e. The second-order valence-corrected chi connectivity index (χ2v) is 4.52. The van der Waals surface area contributed by atoms with E-state index in [1.165, 1.54) is 11.1 Å². The summed E-state index contributed by atoms with van der Waals surface area (Å²) < 4.78 is 0. The second-order valence-electron chi connectivity index (χ2n) is 4.52. The van der Waals surface area contributed by atoms with Gasteiger partial charge in [-0.1, -0.05) is 31.2 Å². The number of benzene rings is 1. The molecule has 0 spiro atoms. The number of nitrogens with zero attached hydrogens (tertiary/aromatic N) is 1. The van der Waals surface area contributed by atoms with E-state index in [-0.39, 0.29) is 0 Å². The summed E-state index contributed by atoms with van der Waals surface area (Å²) in [6, 6.07) is 8.67. The fourth-order valence-electron chi connectivity index (χ4n) is 2.32. The Hall–Kier alpha value is -1.31. The lowest BCUT2D eigenvalue weighted by atomic mass is 9.83. The van der Waals surface area contributed by atoms with Crippen molar-refractivity contribution >= 4 is 5.84 Å². The van der Waals surface area contributed by atoms with Gasteiger partial charge < -0.3 is 5.73 Å². The zero-order valence-corrected chi connectivity index (χ0v) is 9.95. The minimum Gasteiger partial charge on any atom is -0.387 e. The van der Waals surface area contributed by atoms with Crippen LogP contribution in [0.4, 0.5) is 0 Å². The van der Waals surface area contributed by atoms with E-state index in [0.717, 1.165) is 38.1 Å². The molecule has 0 radical (unpaired) electrons. The molecule has 0 saturated heterocycles. The van der Waals surface area contributed by atoms with Gasteiger partial charge in [0.25, 0.3) is 0 Å². The molecule has 2 heteroatoms. The highest BCUT2D eigenvalue weighted by atomic mass is 14.9. The highest BCUT2D eigenvalue weighted by molar-refractivity contribution is 5.83. The predicted octanol–water partition coefficient (Wildman–Crippen LogP) is 2.56. The molecule has 0 fully saturated rings. The third-order valence-corrected chi connectivity index (χ3v) is 3.28. The highest BCUT2D eigenvalue weighted by Gasteiger charge is 2.20. The molecule has 0 aliphatic heterocycles. The normalized spacial score (nSPS) is 20.6. The summed E-state index contributed by atoms with van der Waals surface area (Å²) in [4.78, 5) is 4.43. The quantitative estimate of drug-likeness (QED) is 0.612. The molecule has 16 heavy (non-hydrogen) atoms. The van der Waals surface area contributed by atoms with Gasteiger partial charge in [-0.2, -0.15) is 0 Å². The summed E-state index contributed by atoms with van der Waals surface area (Å²) in [6.45, 7) is 3.00. The zero-order valence-electron chi connectivity index (χ0n) is 9.95. The lowest BCUT2D eigenvalue weighted by Crippen LogP contribution is -2.29. The summed E-state index contributed by atoms with van der Waals surface area (Å²) in [5, 5.41) is 0. The molecule has 0 heterocycles. The van der Waals surface area contributed by atoms with Crippen molar-refractivity contribution in [2.24, 2.45) is 16.6 Å². The van der Waals surface area contributed by atoms with Crippen LogP contribution in [0.1, 0.15) is 30.9 Å². The van der Waals surface area contributed by atoms with Crippen LogP contribution in [-0.2, 0) is 12.8 Å². The van der Waals surface area contributed by atoms with Gasteiger partial charge in [-0.25, -0.2) is 0 Å². The average molecular weight is 216 g/mol. The van der Waals surface area contributed by atoms with Crippen molar-refractivity contribution in [3.63, 3.8) is 0 Å². The Balaban J connectivity index is 2.08. The number of aliphatic imine (C=N–C) groups is 1. The molecule has 1 unspecified atom stereocenters. The minimum atomic E-state index is 0.460. The molecule has 2 rings (SSSR count). The summed E-state index contributed by atoms with van der Waals surface area (Å²) in [6.07, 6.45) is 4.43. The maximum Gasteiger partial charge on any atom is 0.0971 e. The van der Waals surface area contributed by atoms with Gasteiger partial charge in [-0.05, 0) is 36.8 Å². The maximum atomic E-state index is 6.04. The summed E-state index contributed by atoms with van der Waals surface area (Å²) in [5.74, 6) is 1.32. The molecular formula is C14H20N2. The lowest BCUT2D eigenvalue weighted by molar-refractivity contribution is 0.577. The van der Waals surface area contributed by atoms with Crippen LogP contribution >= 0.6 is 0 Å². The van der Waals surface area contributed by atoms with Crippen molar-refractivity contribution in [3.8, 4) is 0 Å². The van der Waals surface area contributed by atoms with Crippen LogP contribution in [0.15, 0.2) is 29.3 Å². The van der Waals surface area contributed by atoms with Gasteiger partial charge in [0.15, 0.2) is 0 Å². The third-order valence-electron chi connectivity index (χ3n) is 3.28. The Kier molecular flexibility index (Phi) is 3.60. The summed E-state index contributed by atoms with van der Waals surface area (Å²) >= 11 is 0. The van der Waals surface area contributed by atoms with Crippen LogP contribution in [0.2, 0.25) is 0 Å². The molecule has 0 saturated carbocycles. The molecule has 1 aliphatic rings. The number of amidine groups is 1. The van der Waals surface area contributed by atoms with Crippen molar-refractivity contribution < 1.29 is 0 Å². The number of fused-ring (bicyclic) bond motifs is 1.